The molecule has 0 saturated carbocycles. The summed E-state index contributed by atoms with van der Waals surface area (Å²) in [5, 5.41) is 3.33. The molecule has 1 fully saturated rings. The summed E-state index contributed by atoms with van der Waals surface area (Å²) in [5.74, 6) is 0.429. The lowest BCUT2D eigenvalue weighted by Gasteiger charge is -2.28. The second kappa shape index (κ2) is 7.06. The van der Waals surface area contributed by atoms with E-state index in [1.54, 1.807) is 7.11 Å². The van der Waals surface area contributed by atoms with Crippen LogP contribution in [0.1, 0.15) is 18.0 Å². The van der Waals surface area contributed by atoms with Crippen molar-refractivity contribution >= 4 is 21.8 Å². The molecule has 1 aromatic carbocycles. The zero-order valence-electron chi connectivity index (χ0n) is 11.6. The normalized spacial score (nSPS) is 18.3. The first-order valence-electron chi connectivity index (χ1n) is 6.71. The predicted molar refractivity (Wildman–Crippen MR) is 81.7 cm³/mol. The third-order valence-electron chi connectivity index (χ3n) is 3.50. The minimum atomic E-state index is -0.392. The van der Waals surface area contributed by atoms with Gasteiger partial charge in [-0.15, -0.1) is 0 Å². The highest BCUT2D eigenvalue weighted by atomic mass is 79.9. The standard InChI is InChI=1S/C14H20BrN3O2/c1-20-12-4-3-10(9-11(12)15)13(14(16)19)18-7-2-5-17-6-8-18/h3-4,9,13,17H,2,5-8H2,1H3,(H2,16,19). The molecule has 6 heteroatoms. The highest BCUT2D eigenvalue weighted by Gasteiger charge is 2.26. The number of nitrogens with zero attached hydrogens (tertiary/aromatic N) is 1. The molecule has 1 atom stereocenters. The van der Waals surface area contributed by atoms with E-state index in [0.717, 1.165) is 48.4 Å². The van der Waals surface area contributed by atoms with Crippen LogP contribution in [0.15, 0.2) is 22.7 Å². The van der Waals surface area contributed by atoms with Gasteiger partial charge in [0.2, 0.25) is 5.91 Å². The van der Waals surface area contributed by atoms with Crippen LogP contribution >= 0.6 is 15.9 Å². The maximum Gasteiger partial charge on any atom is 0.239 e. The molecule has 1 aliphatic rings. The number of halogens is 1. The van der Waals surface area contributed by atoms with E-state index in [0.29, 0.717) is 0 Å². The number of carbonyl (C=O) groups excluding carboxylic acids is 1. The van der Waals surface area contributed by atoms with Crippen LogP contribution < -0.4 is 15.8 Å². The molecule has 0 radical (unpaired) electrons. The number of nitrogens with one attached hydrogen (secondary N) is 1. The molecule has 2 rings (SSSR count). The van der Waals surface area contributed by atoms with Gasteiger partial charge in [-0.25, -0.2) is 0 Å². The monoisotopic (exact) mass is 341 g/mol. The number of benzene rings is 1. The van der Waals surface area contributed by atoms with Gasteiger partial charge >= 0.3 is 0 Å². The first-order chi connectivity index (χ1) is 9.63. The van der Waals surface area contributed by atoms with Gasteiger partial charge in [0.05, 0.1) is 11.6 Å². The summed E-state index contributed by atoms with van der Waals surface area (Å²) in [4.78, 5) is 14.0. The average molecular weight is 342 g/mol. The quantitative estimate of drug-likeness (QED) is 0.865. The van der Waals surface area contributed by atoms with Crippen LogP contribution in [0.25, 0.3) is 0 Å². The fourth-order valence-corrected chi connectivity index (χ4v) is 3.09. The summed E-state index contributed by atoms with van der Waals surface area (Å²) >= 11 is 3.46. The Morgan fingerprint density at radius 3 is 2.90 bits per heavy atom. The molecule has 0 aromatic heterocycles. The molecule has 1 heterocycles. The molecule has 1 unspecified atom stereocenters. The van der Waals surface area contributed by atoms with E-state index in [1.165, 1.54) is 0 Å². The van der Waals surface area contributed by atoms with Crippen molar-refractivity contribution in [2.75, 3.05) is 33.3 Å². The van der Waals surface area contributed by atoms with Gasteiger partial charge in [0, 0.05) is 19.6 Å². The Bertz CT molecular complexity index is 473. The Balaban J connectivity index is 2.27. The summed E-state index contributed by atoms with van der Waals surface area (Å²) in [7, 11) is 1.62. The Labute approximate surface area is 127 Å². The third kappa shape index (κ3) is 3.50. The fourth-order valence-electron chi connectivity index (χ4n) is 2.53. The Morgan fingerprint density at radius 1 is 1.45 bits per heavy atom. The molecule has 110 valence electrons. The number of carbonyl (C=O) groups is 1. The minimum absolute atomic E-state index is 0.316. The van der Waals surface area contributed by atoms with E-state index in [9.17, 15) is 4.79 Å². The topological polar surface area (TPSA) is 67.6 Å². The summed E-state index contributed by atoms with van der Waals surface area (Å²) < 4.78 is 6.05. The summed E-state index contributed by atoms with van der Waals surface area (Å²) in [6, 6.07) is 5.27. The smallest absolute Gasteiger partial charge is 0.239 e. The van der Waals surface area contributed by atoms with Crippen molar-refractivity contribution < 1.29 is 9.53 Å². The van der Waals surface area contributed by atoms with Gasteiger partial charge in [-0.05, 0) is 46.6 Å². The number of hydrogen-bond donors (Lipinski definition) is 2. The highest BCUT2D eigenvalue weighted by molar-refractivity contribution is 9.10. The molecule has 1 aliphatic heterocycles. The van der Waals surface area contributed by atoms with Gasteiger partial charge in [-0.3, -0.25) is 9.69 Å². The number of rotatable bonds is 4. The molecule has 1 amide bonds. The number of amides is 1. The fraction of sp³-hybridized carbons (Fsp3) is 0.500. The first-order valence-corrected chi connectivity index (χ1v) is 7.50. The summed E-state index contributed by atoms with van der Waals surface area (Å²) in [6.07, 6.45) is 1.01. The molecule has 0 aliphatic carbocycles. The number of nitrogens with two attached hydrogens (primary N) is 1. The number of primary amides is 1. The van der Waals surface area contributed by atoms with Crippen molar-refractivity contribution in [2.24, 2.45) is 5.73 Å². The third-order valence-corrected chi connectivity index (χ3v) is 4.12. The van der Waals surface area contributed by atoms with Crippen LogP contribution in [-0.2, 0) is 4.79 Å². The predicted octanol–water partition coefficient (Wildman–Crippen LogP) is 1.28. The van der Waals surface area contributed by atoms with Gasteiger partial charge in [-0.1, -0.05) is 6.07 Å². The lowest BCUT2D eigenvalue weighted by Crippen LogP contribution is -2.39. The molecule has 1 saturated heterocycles. The number of ether oxygens (including phenoxy) is 1. The number of hydrogen-bond acceptors (Lipinski definition) is 4. The van der Waals surface area contributed by atoms with E-state index in [-0.39, 0.29) is 5.91 Å². The van der Waals surface area contributed by atoms with Crippen molar-refractivity contribution in [3.63, 3.8) is 0 Å². The van der Waals surface area contributed by atoms with Crippen LogP contribution in [0.5, 0.6) is 5.75 Å². The van der Waals surface area contributed by atoms with Crippen molar-refractivity contribution in [1.82, 2.24) is 10.2 Å². The van der Waals surface area contributed by atoms with Gasteiger partial charge in [-0.2, -0.15) is 0 Å². The van der Waals surface area contributed by atoms with Crippen LogP contribution in [0.4, 0.5) is 0 Å². The average Bonchev–Trinajstić information content (AvgIpc) is 2.68. The zero-order valence-corrected chi connectivity index (χ0v) is 13.1. The zero-order chi connectivity index (χ0) is 14.5. The van der Waals surface area contributed by atoms with E-state index < -0.39 is 6.04 Å². The van der Waals surface area contributed by atoms with Gasteiger partial charge < -0.3 is 15.8 Å². The van der Waals surface area contributed by atoms with Crippen molar-refractivity contribution in [2.45, 2.75) is 12.5 Å². The molecule has 0 spiro atoms. The van der Waals surface area contributed by atoms with Gasteiger partial charge in [0.15, 0.2) is 0 Å². The first kappa shape index (κ1) is 15.3. The number of methoxy groups -OCH3 is 1. The van der Waals surface area contributed by atoms with Crippen LogP contribution in [0.2, 0.25) is 0 Å². The van der Waals surface area contributed by atoms with E-state index in [1.807, 2.05) is 18.2 Å². The van der Waals surface area contributed by atoms with Crippen molar-refractivity contribution in [3.8, 4) is 5.75 Å². The van der Waals surface area contributed by atoms with Crippen LogP contribution in [-0.4, -0.2) is 44.1 Å². The Morgan fingerprint density at radius 2 is 2.25 bits per heavy atom. The lowest BCUT2D eigenvalue weighted by molar-refractivity contribution is -0.123. The lowest BCUT2D eigenvalue weighted by atomic mass is 10.0. The SMILES string of the molecule is COc1ccc(C(C(N)=O)N2CCCNCC2)cc1Br. The molecule has 5 nitrogen and oxygen atoms in total. The molecule has 0 bridgehead atoms. The van der Waals surface area contributed by atoms with Crippen LogP contribution in [0, 0.1) is 0 Å². The molecular weight excluding hydrogens is 322 g/mol. The second-order valence-electron chi connectivity index (χ2n) is 4.84. The Hall–Kier alpha value is -1.11. The van der Waals surface area contributed by atoms with Gasteiger partial charge in [0.25, 0.3) is 0 Å². The second-order valence-corrected chi connectivity index (χ2v) is 5.69. The van der Waals surface area contributed by atoms with Gasteiger partial charge in [0.1, 0.15) is 11.8 Å². The molecule has 1 aromatic rings. The maximum atomic E-state index is 11.9. The largest absolute Gasteiger partial charge is 0.496 e. The summed E-state index contributed by atoms with van der Waals surface area (Å²) in [6.45, 7) is 3.54. The molecule has 20 heavy (non-hydrogen) atoms. The minimum Gasteiger partial charge on any atom is -0.496 e. The van der Waals surface area contributed by atoms with E-state index in [4.69, 9.17) is 10.5 Å². The molecule has 3 N–H and O–H groups in total. The maximum absolute atomic E-state index is 11.9. The summed E-state index contributed by atoms with van der Waals surface area (Å²) in [5.41, 5.74) is 6.52. The van der Waals surface area contributed by atoms with E-state index >= 15 is 0 Å². The Kier molecular flexibility index (Phi) is 5.39. The van der Waals surface area contributed by atoms with E-state index in [2.05, 4.69) is 26.1 Å². The highest BCUT2D eigenvalue weighted by Crippen LogP contribution is 2.30. The van der Waals surface area contributed by atoms with Crippen LogP contribution in [0.3, 0.4) is 0 Å². The molecular formula is C14H20BrN3O2. The van der Waals surface area contributed by atoms with Crippen molar-refractivity contribution in [1.29, 1.82) is 0 Å². The van der Waals surface area contributed by atoms with Crippen molar-refractivity contribution in [3.05, 3.63) is 28.2 Å².